The van der Waals surface area contributed by atoms with Gasteiger partial charge in [-0.2, -0.15) is 4.98 Å². The van der Waals surface area contributed by atoms with Crippen LogP contribution >= 0.6 is 0 Å². The maximum Gasteiger partial charge on any atom is 0.251 e. The number of hydrogen-bond donors (Lipinski definition) is 1. The van der Waals surface area contributed by atoms with E-state index in [-0.39, 0.29) is 5.91 Å². The van der Waals surface area contributed by atoms with Crippen LogP contribution in [0.15, 0.2) is 24.3 Å². The van der Waals surface area contributed by atoms with Gasteiger partial charge in [-0.05, 0) is 45.7 Å². The normalized spacial score (nSPS) is 13.7. The van der Waals surface area contributed by atoms with E-state index in [0.29, 0.717) is 30.4 Å². The fourth-order valence-corrected chi connectivity index (χ4v) is 3.24. The van der Waals surface area contributed by atoms with Gasteiger partial charge < -0.3 is 15.0 Å². The highest BCUT2D eigenvalue weighted by atomic mass is 16.5. The second kappa shape index (κ2) is 8.17. The van der Waals surface area contributed by atoms with Crippen molar-refractivity contribution in [1.82, 2.24) is 15.3 Å². The van der Waals surface area contributed by atoms with E-state index in [1.807, 2.05) is 39.0 Å². The SMILES string of the molecule is Cc1cc(C)cc(C(=O)NCCOc2cc(N3CCCC3)nc(C)n2)c1. The van der Waals surface area contributed by atoms with Crippen LogP contribution in [0.4, 0.5) is 5.82 Å². The van der Waals surface area contributed by atoms with E-state index < -0.39 is 0 Å². The minimum atomic E-state index is -0.0861. The summed E-state index contributed by atoms with van der Waals surface area (Å²) in [5.74, 6) is 2.09. The summed E-state index contributed by atoms with van der Waals surface area (Å²) in [7, 11) is 0. The van der Waals surface area contributed by atoms with Crippen molar-refractivity contribution in [2.75, 3.05) is 31.1 Å². The molecule has 6 nitrogen and oxygen atoms in total. The first kappa shape index (κ1) is 18.2. The Morgan fingerprint density at radius 3 is 2.46 bits per heavy atom. The number of aromatic nitrogens is 2. The van der Waals surface area contributed by atoms with Crippen LogP contribution in [0.5, 0.6) is 5.88 Å². The molecule has 1 amide bonds. The molecule has 1 N–H and O–H groups in total. The van der Waals surface area contributed by atoms with E-state index in [2.05, 4.69) is 26.3 Å². The zero-order valence-electron chi connectivity index (χ0n) is 15.7. The molecule has 1 aromatic carbocycles. The molecule has 0 bridgehead atoms. The van der Waals surface area contributed by atoms with E-state index in [1.165, 1.54) is 12.8 Å². The van der Waals surface area contributed by atoms with E-state index in [4.69, 9.17) is 4.74 Å². The minimum Gasteiger partial charge on any atom is -0.476 e. The Balaban J connectivity index is 1.52. The van der Waals surface area contributed by atoms with Crippen LogP contribution < -0.4 is 15.0 Å². The predicted octanol–water partition coefficient (Wildman–Crippen LogP) is 2.81. The van der Waals surface area contributed by atoms with Gasteiger partial charge in [0.05, 0.1) is 6.54 Å². The molecular weight excluding hydrogens is 328 g/mol. The average Bonchev–Trinajstić information content (AvgIpc) is 3.12. The Morgan fingerprint density at radius 2 is 1.77 bits per heavy atom. The monoisotopic (exact) mass is 354 g/mol. The van der Waals surface area contributed by atoms with E-state index in [0.717, 1.165) is 30.0 Å². The number of nitrogens with one attached hydrogen (secondary N) is 1. The fraction of sp³-hybridized carbons (Fsp3) is 0.450. The first-order valence-electron chi connectivity index (χ1n) is 9.11. The number of aryl methyl sites for hydroxylation is 3. The van der Waals surface area contributed by atoms with Gasteiger partial charge in [-0.25, -0.2) is 4.98 Å². The Bertz CT molecular complexity index is 765. The van der Waals surface area contributed by atoms with Crippen LogP contribution in [0.25, 0.3) is 0 Å². The standard InChI is InChI=1S/C20H26N4O2/c1-14-10-15(2)12-17(11-14)20(25)21-6-9-26-19-13-18(22-16(3)23-19)24-7-4-5-8-24/h10-13H,4-9H2,1-3H3,(H,21,25). The van der Waals surface area contributed by atoms with Crippen molar-refractivity contribution in [1.29, 1.82) is 0 Å². The van der Waals surface area contributed by atoms with Crippen molar-refractivity contribution in [2.24, 2.45) is 0 Å². The third-order valence-electron chi connectivity index (χ3n) is 4.35. The lowest BCUT2D eigenvalue weighted by Crippen LogP contribution is -2.28. The maximum absolute atomic E-state index is 12.2. The molecule has 2 heterocycles. The van der Waals surface area contributed by atoms with Crippen molar-refractivity contribution < 1.29 is 9.53 Å². The smallest absolute Gasteiger partial charge is 0.251 e. The number of carbonyl (C=O) groups excluding carboxylic acids is 1. The van der Waals surface area contributed by atoms with Crippen LogP contribution in [0.3, 0.4) is 0 Å². The molecule has 0 spiro atoms. The van der Waals surface area contributed by atoms with Crippen molar-refractivity contribution in [2.45, 2.75) is 33.6 Å². The molecule has 1 saturated heterocycles. The van der Waals surface area contributed by atoms with Gasteiger partial charge in [0, 0.05) is 24.7 Å². The molecule has 1 aliphatic rings. The van der Waals surface area contributed by atoms with Gasteiger partial charge >= 0.3 is 0 Å². The summed E-state index contributed by atoms with van der Waals surface area (Å²) in [5, 5.41) is 2.89. The van der Waals surface area contributed by atoms with Crippen LogP contribution in [0.1, 0.15) is 40.2 Å². The van der Waals surface area contributed by atoms with Crippen molar-refractivity contribution in [3.63, 3.8) is 0 Å². The van der Waals surface area contributed by atoms with Crippen LogP contribution in [-0.4, -0.2) is 42.1 Å². The molecule has 0 atom stereocenters. The predicted molar refractivity (Wildman–Crippen MR) is 102 cm³/mol. The molecule has 26 heavy (non-hydrogen) atoms. The number of anilines is 1. The molecule has 1 aliphatic heterocycles. The highest BCUT2D eigenvalue weighted by molar-refractivity contribution is 5.94. The summed E-state index contributed by atoms with van der Waals surface area (Å²) in [4.78, 5) is 23.3. The molecule has 3 rings (SSSR count). The molecule has 0 aliphatic carbocycles. The Hall–Kier alpha value is -2.63. The molecule has 2 aromatic rings. The Labute approximate surface area is 154 Å². The number of benzene rings is 1. The van der Waals surface area contributed by atoms with Gasteiger partial charge in [0.1, 0.15) is 18.2 Å². The molecule has 6 heteroatoms. The third kappa shape index (κ3) is 4.71. The molecule has 0 radical (unpaired) electrons. The molecular formula is C20H26N4O2. The number of ether oxygens (including phenoxy) is 1. The first-order valence-corrected chi connectivity index (χ1v) is 9.11. The second-order valence-electron chi connectivity index (χ2n) is 6.79. The zero-order valence-corrected chi connectivity index (χ0v) is 15.7. The molecule has 1 fully saturated rings. The van der Waals surface area contributed by atoms with Gasteiger partial charge in [-0.3, -0.25) is 4.79 Å². The Morgan fingerprint density at radius 1 is 1.08 bits per heavy atom. The minimum absolute atomic E-state index is 0.0861. The summed E-state index contributed by atoms with van der Waals surface area (Å²) in [5.41, 5.74) is 2.84. The van der Waals surface area contributed by atoms with Crippen molar-refractivity contribution in [3.8, 4) is 5.88 Å². The summed E-state index contributed by atoms with van der Waals surface area (Å²) >= 11 is 0. The second-order valence-corrected chi connectivity index (χ2v) is 6.79. The topological polar surface area (TPSA) is 67.3 Å². The molecule has 0 saturated carbocycles. The van der Waals surface area contributed by atoms with Crippen LogP contribution in [0, 0.1) is 20.8 Å². The van der Waals surface area contributed by atoms with Gasteiger partial charge in [-0.15, -0.1) is 0 Å². The van der Waals surface area contributed by atoms with Crippen LogP contribution in [-0.2, 0) is 0 Å². The highest BCUT2D eigenvalue weighted by Crippen LogP contribution is 2.21. The number of rotatable bonds is 6. The Kier molecular flexibility index (Phi) is 5.71. The lowest BCUT2D eigenvalue weighted by atomic mass is 10.1. The van der Waals surface area contributed by atoms with E-state index in [9.17, 15) is 4.79 Å². The summed E-state index contributed by atoms with van der Waals surface area (Å²) in [6, 6.07) is 7.71. The average molecular weight is 354 g/mol. The van der Waals surface area contributed by atoms with E-state index >= 15 is 0 Å². The summed E-state index contributed by atoms with van der Waals surface area (Å²) in [6.45, 7) is 8.70. The first-order chi connectivity index (χ1) is 12.5. The van der Waals surface area contributed by atoms with Crippen LogP contribution in [0.2, 0.25) is 0 Å². The van der Waals surface area contributed by atoms with Gasteiger partial charge in [-0.1, -0.05) is 17.2 Å². The summed E-state index contributed by atoms with van der Waals surface area (Å²) < 4.78 is 5.73. The molecule has 138 valence electrons. The largest absolute Gasteiger partial charge is 0.476 e. The fourth-order valence-electron chi connectivity index (χ4n) is 3.24. The zero-order chi connectivity index (χ0) is 18.5. The number of amides is 1. The van der Waals surface area contributed by atoms with Gasteiger partial charge in [0.25, 0.3) is 5.91 Å². The van der Waals surface area contributed by atoms with Crippen molar-refractivity contribution >= 4 is 11.7 Å². The number of carbonyl (C=O) groups is 1. The lowest BCUT2D eigenvalue weighted by molar-refractivity contribution is 0.0946. The lowest BCUT2D eigenvalue weighted by Gasteiger charge is -2.17. The summed E-state index contributed by atoms with van der Waals surface area (Å²) in [6.07, 6.45) is 2.40. The number of nitrogens with zero attached hydrogens (tertiary/aromatic N) is 3. The quantitative estimate of drug-likeness (QED) is 0.808. The van der Waals surface area contributed by atoms with Crippen molar-refractivity contribution in [3.05, 3.63) is 46.8 Å². The third-order valence-corrected chi connectivity index (χ3v) is 4.35. The maximum atomic E-state index is 12.2. The highest BCUT2D eigenvalue weighted by Gasteiger charge is 2.15. The van der Waals surface area contributed by atoms with Gasteiger partial charge in [0.15, 0.2) is 0 Å². The number of hydrogen-bond acceptors (Lipinski definition) is 5. The van der Waals surface area contributed by atoms with E-state index in [1.54, 1.807) is 0 Å². The molecule has 0 unspecified atom stereocenters. The molecule has 1 aromatic heterocycles. The van der Waals surface area contributed by atoms with Gasteiger partial charge in [0.2, 0.25) is 5.88 Å².